The highest BCUT2D eigenvalue weighted by molar-refractivity contribution is 7.91. The van der Waals surface area contributed by atoms with Gasteiger partial charge < -0.3 is 19.9 Å². The lowest BCUT2D eigenvalue weighted by molar-refractivity contribution is -0.142. The second kappa shape index (κ2) is 7.95. The van der Waals surface area contributed by atoms with Gasteiger partial charge >= 0.3 is 0 Å². The number of guanidine groups is 1. The minimum Gasteiger partial charge on any atom is -0.368 e. The second-order valence-corrected chi connectivity index (χ2v) is 10.4. The normalized spacial score (nSPS) is 31.3. The van der Waals surface area contributed by atoms with Crippen LogP contribution in [0, 0.1) is 5.92 Å². The lowest BCUT2D eigenvalue weighted by Crippen LogP contribution is -2.55. The van der Waals surface area contributed by atoms with Gasteiger partial charge in [0.2, 0.25) is 0 Å². The van der Waals surface area contributed by atoms with Crippen LogP contribution in [0.1, 0.15) is 32.1 Å². The SMILES string of the molecule is O=C(C1CCCO1)N1CCN(C(=NCC2CCS(=O)(=O)C2)NC2CC2)CC1. The Morgan fingerprint density at radius 1 is 1.07 bits per heavy atom. The molecule has 27 heavy (non-hydrogen) atoms. The van der Waals surface area contributed by atoms with Crippen LogP contribution in [0.3, 0.4) is 0 Å². The molecule has 4 rings (SSSR count). The molecule has 1 aliphatic carbocycles. The number of hydrogen-bond acceptors (Lipinski definition) is 5. The number of piperazine rings is 1. The Morgan fingerprint density at radius 3 is 2.41 bits per heavy atom. The van der Waals surface area contributed by atoms with Gasteiger partial charge in [-0.05, 0) is 38.0 Å². The number of carbonyl (C=O) groups excluding carboxylic acids is 1. The van der Waals surface area contributed by atoms with E-state index in [4.69, 9.17) is 9.73 Å². The summed E-state index contributed by atoms with van der Waals surface area (Å²) in [5, 5.41) is 3.50. The fourth-order valence-corrected chi connectivity index (χ4v) is 5.84. The van der Waals surface area contributed by atoms with Crippen molar-refractivity contribution in [3.8, 4) is 0 Å². The van der Waals surface area contributed by atoms with Crippen molar-refractivity contribution in [2.24, 2.45) is 10.9 Å². The number of sulfone groups is 1. The van der Waals surface area contributed by atoms with E-state index in [1.807, 2.05) is 4.90 Å². The Balaban J connectivity index is 1.32. The average molecular weight is 399 g/mol. The molecule has 3 aliphatic heterocycles. The van der Waals surface area contributed by atoms with Crippen LogP contribution in [0.15, 0.2) is 4.99 Å². The van der Waals surface area contributed by atoms with Gasteiger partial charge in [-0.1, -0.05) is 0 Å². The van der Waals surface area contributed by atoms with Crippen LogP contribution in [0.2, 0.25) is 0 Å². The number of nitrogens with one attached hydrogen (secondary N) is 1. The summed E-state index contributed by atoms with van der Waals surface area (Å²) in [5.41, 5.74) is 0. The summed E-state index contributed by atoms with van der Waals surface area (Å²) in [6, 6.07) is 0.489. The fourth-order valence-electron chi connectivity index (χ4n) is 3.99. The fraction of sp³-hybridized carbons (Fsp3) is 0.889. The Bertz CT molecular complexity index is 677. The van der Waals surface area contributed by atoms with Crippen LogP contribution in [0.4, 0.5) is 0 Å². The third-order valence-corrected chi connectivity index (χ3v) is 7.67. The van der Waals surface area contributed by atoms with Gasteiger partial charge in [-0.15, -0.1) is 0 Å². The van der Waals surface area contributed by atoms with Crippen molar-refractivity contribution in [3.05, 3.63) is 0 Å². The molecule has 0 radical (unpaired) electrons. The smallest absolute Gasteiger partial charge is 0.251 e. The highest BCUT2D eigenvalue weighted by Gasteiger charge is 2.33. The van der Waals surface area contributed by atoms with Crippen LogP contribution in [-0.4, -0.2) is 93.1 Å². The molecule has 2 unspecified atom stereocenters. The lowest BCUT2D eigenvalue weighted by Gasteiger charge is -2.37. The van der Waals surface area contributed by atoms with Gasteiger partial charge in [-0.2, -0.15) is 0 Å². The molecule has 4 aliphatic rings. The molecule has 9 heteroatoms. The molecule has 0 spiro atoms. The van der Waals surface area contributed by atoms with Crippen LogP contribution in [0.5, 0.6) is 0 Å². The van der Waals surface area contributed by atoms with Gasteiger partial charge in [0.1, 0.15) is 6.10 Å². The number of aliphatic imine (C=N–C) groups is 1. The van der Waals surface area contributed by atoms with E-state index in [1.54, 1.807) is 0 Å². The Kier molecular flexibility index (Phi) is 5.59. The quantitative estimate of drug-likeness (QED) is 0.523. The maximum absolute atomic E-state index is 12.5. The summed E-state index contributed by atoms with van der Waals surface area (Å²) < 4.78 is 28.8. The van der Waals surface area contributed by atoms with Crippen LogP contribution in [0.25, 0.3) is 0 Å². The molecule has 0 aromatic rings. The molecular formula is C18H30N4O4S. The summed E-state index contributed by atoms with van der Waals surface area (Å²) in [4.78, 5) is 21.4. The van der Waals surface area contributed by atoms with E-state index in [-0.39, 0.29) is 23.7 Å². The molecule has 0 aromatic heterocycles. The number of amides is 1. The Labute approximate surface area is 161 Å². The molecule has 3 heterocycles. The van der Waals surface area contributed by atoms with E-state index in [0.717, 1.165) is 44.7 Å². The zero-order valence-corrected chi connectivity index (χ0v) is 16.6. The predicted molar refractivity (Wildman–Crippen MR) is 102 cm³/mol. The highest BCUT2D eigenvalue weighted by atomic mass is 32.2. The maximum Gasteiger partial charge on any atom is 0.251 e. The molecule has 1 amide bonds. The summed E-state index contributed by atoms with van der Waals surface area (Å²) in [7, 11) is -2.86. The van der Waals surface area contributed by atoms with Crippen molar-refractivity contribution in [2.45, 2.75) is 44.2 Å². The molecule has 0 aromatic carbocycles. The topological polar surface area (TPSA) is 91.3 Å². The van der Waals surface area contributed by atoms with Gasteiger partial charge in [0.15, 0.2) is 15.8 Å². The van der Waals surface area contributed by atoms with Crippen molar-refractivity contribution in [3.63, 3.8) is 0 Å². The summed E-state index contributed by atoms with van der Waals surface area (Å²) in [5.74, 6) is 1.69. The zero-order chi connectivity index (χ0) is 18.9. The minimum absolute atomic E-state index is 0.122. The number of carbonyl (C=O) groups is 1. The number of nitrogens with zero attached hydrogens (tertiary/aromatic N) is 3. The van der Waals surface area contributed by atoms with Crippen molar-refractivity contribution >= 4 is 21.7 Å². The van der Waals surface area contributed by atoms with Gasteiger partial charge in [0.25, 0.3) is 5.91 Å². The monoisotopic (exact) mass is 398 g/mol. The van der Waals surface area contributed by atoms with Crippen LogP contribution < -0.4 is 5.32 Å². The Morgan fingerprint density at radius 2 is 1.81 bits per heavy atom. The first-order valence-corrected chi connectivity index (χ1v) is 12.0. The van der Waals surface area contributed by atoms with Crippen molar-refractivity contribution in [1.82, 2.24) is 15.1 Å². The third-order valence-electron chi connectivity index (χ3n) is 5.83. The van der Waals surface area contributed by atoms with E-state index < -0.39 is 9.84 Å². The van der Waals surface area contributed by atoms with E-state index in [9.17, 15) is 13.2 Å². The zero-order valence-electron chi connectivity index (χ0n) is 15.8. The molecular weight excluding hydrogens is 368 g/mol. The van der Waals surface area contributed by atoms with Gasteiger partial charge in [-0.25, -0.2) is 8.42 Å². The number of hydrogen-bond donors (Lipinski definition) is 1. The molecule has 4 fully saturated rings. The predicted octanol–water partition coefficient (Wildman–Crippen LogP) is -0.148. The number of rotatable bonds is 4. The third kappa shape index (κ3) is 4.93. The van der Waals surface area contributed by atoms with E-state index in [1.165, 1.54) is 0 Å². The van der Waals surface area contributed by atoms with E-state index >= 15 is 0 Å². The summed E-state index contributed by atoms with van der Waals surface area (Å²) >= 11 is 0. The minimum atomic E-state index is -2.86. The molecule has 152 valence electrons. The molecule has 2 atom stereocenters. The largest absolute Gasteiger partial charge is 0.368 e. The van der Waals surface area contributed by atoms with Gasteiger partial charge in [0, 0.05) is 45.4 Å². The second-order valence-electron chi connectivity index (χ2n) is 8.17. The van der Waals surface area contributed by atoms with Crippen molar-refractivity contribution < 1.29 is 17.9 Å². The Hall–Kier alpha value is -1.35. The van der Waals surface area contributed by atoms with E-state index in [0.29, 0.717) is 44.5 Å². The van der Waals surface area contributed by atoms with Crippen LogP contribution >= 0.6 is 0 Å². The molecule has 8 nitrogen and oxygen atoms in total. The molecule has 1 N–H and O–H groups in total. The molecule has 1 saturated carbocycles. The van der Waals surface area contributed by atoms with E-state index in [2.05, 4.69) is 10.2 Å². The maximum atomic E-state index is 12.5. The van der Waals surface area contributed by atoms with Crippen molar-refractivity contribution in [2.75, 3.05) is 50.8 Å². The first-order valence-electron chi connectivity index (χ1n) is 10.2. The van der Waals surface area contributed by atoms with Crippen molar-refractivity contribution in [1.29, 1.82) is 0 Å². The first kappa shape index (κ1) is 19.0. The standard InChI is InChI=1S/C18H30N4O4S/c23-17(16-2-1-10-26-16)21-6-8-22(9-7-21)18(20-15-3-4-15)19-12-14-5-11-27(24,25)13-14/h14-16H,1-13H2,(H,19,20). The lowest BCUT2D eigenvalue weighted by atomic mass is 10.1. The van der Waals surface area contributed by atoms with Gasteiger partial charge in [0.05, 0.1) is 11.5 Å². The van der Waals surface area contributed by atoms with Gasteiger partial charge in [-0.3, -0.25) is 9.79 Å². The molecule has 3 saturated heterocycles. The summed E-state index contributed by atoms with van der Waals surface area (Å²) in [6.45, 7) is 4.11. The highest BCUT2D eigenvalue weighted by Crippen LogP contribution is 2.21. The first-order chi connectivity index (χ1) is 13.0. The average Bonchev–Trinajstić information content (AvgIpc) is 3.16. The number of ether oxygens (including phenoxy) is 1. The molecule has 0 bridgehead atoms. The van der Waals surface area contributed by atoms with Crippen LogP contribution in [-0.2, 0) is 19.4 Å². The summed E-state index contributed by atoms with van der Waals surface area (Å²) in [6.07, 6.45) is 4.59.